The van der Waals surface area contributed by atoms with Gasteiger partial charge in [0.05, 0.1) is 5.75 Å². The summed E-state index contributed by atoms with van der Waals surface area (Å²) in [6, 6.07) is 6.54. The first-order chi connectivity index (χ1) is 8.65. The van der Waals surface area contributed by atoms with E-state index in [2.05, 4.69) is 46.0 Å². The van der Waals surface area contributed by atoms with Crippen molar-refractivity contribution in [1.82, 2.24) is 5.32 Å². The van der Waals surface area contributed by atoms with Gasteiger partial charge in [0.2, 0.25) is 5.91 Å². The van der Waals surface area contributed by atoms with Crippen LogP contribution in [0.2, 0.25) is 0 Å². The summed E-state index contributed by atoms with van der Waals surface area (Å²) in [5, 5.41) is 2.80. The smallest absolute Gasteiger partial charge is 0.230 e. The van der Waals surface area contributed by atoms with Crippen LogP contribution in [0.15, 0.2) is 34.2 Å². The van der Waals surface area contributed by atoms with E-state index in [1.54, 1.807) is 11.8 Å². The van der Waals surface area contributed by atoms with Crippen LogP contribution in [-0.2, 0) is 17.6 Å². The van der Waals surface area contributed by atoms with E-state index in [0.717, 1.165) is 4.48 Å². The first kappa shape index (κ1) is 13.7. The fourth-order valence-corrected chi connectivity index (χ4v) is 2.96. The molecule has 0 unspecified atom stereocenters. The van der Waals surface area contributed by atoms with Gasteiger partial charge in [-0.15, -0.1) is 11.8 Å². The van der Waals surface area contributed by atoms with Gasteiger partial charge in [-0.1, -0.05) is 28.6 Å². The monoisotopic (exact) mass is 325 g/mol. The number of carbonyl (C=O) groups is 1. The van der Waals surface area contributed by atoms with Crippen molar-refractivity contribution in [2.45, 2.75) is 24.2 Å². The molecule has 1 aliphatic rings. The Balaban J connectivity index is 1.83. The lowest BCUT2D eigenvalue weighted by Crippen LogP contribution is -2.26. The van der Waals surface area contributed by atoms with E-state index < -0.39 is 0 Å². The van der Waals surface area contributed by atoms with Crippen molar-refractivity contribution >= 4 is 33.6 Å². The summed E-state index contributed by atoms with van der Waals surface area (Å²) < 4.78 is 0.790. The van der Waals surface area contributed by atoms with Gasteiger partial charge in [-0.05, 0) is 42.5 Å². The van der Waals surface area contributed by atoms with Gasteiger partial charge in [0.25, 0.3) is 0 Å². The maximum absolute atomic E-state index is 11.6. The molecule has 0 saturated heterocycles. The molecule has 1 aliphatic carbocycles. The highest BCUT2D eigenvalue weighted by molar-refractivity contribution is 9.11. The largest absolute Gasteiger partial charge is 0.351 e. The molecule has 2 nitrogen and oxygen atoms in total. The van der Waals surface area contributed by atoms with E-state index >= 15 is 0 Å². The van der Waals surface area contributed by atoms with Crippen molar-refractivity contribution in [3.8, 4) is 0 Å². The summed E-state index contributed by atoms with van der Waals surface area (Å²) in [6.45, 7) is 4.17. The van der Waals surface area contributed by atoms with Gasteiger partial charge in [0.15, 0.2) is 0 Å². The number of aryl methyl sites for hydroxylation is 2. The Kier molecular flexibility index (Phi) is 4.89. The SMILES string of the molecule is C=C(Br)CNC(=O)CSc1ccc2c(c1)CCC2. The third kappa shape index (κ3) is 3.89. The van der Waals surface area contributed by atoms with E-state index in [1.165, 1.54) is 35.3 Å². The molecule has 0 fully saturated rings. The van der Waals surface area contributed by atoms with Crippen LogP contribution in [0.3, 0.4) is 0 Å². The van der Waals surface area contributed by atoms with Crippen LogP contribution >= 0.6 is 27.7 Å². The summed E-state index contributed by atoms with van der Waals surface area (Å²) in [5.74, 6) is 0.500. The Morgan fingerprint density at radius 2 is 2.17 bits per heavy atom. The number of amides is 1. The van der Waals surface area contributed by atoms with E-state index in [9.17, 15) is 4.79 Å². The predicted molar refractivity (Wildman–Crippen MR) is 80.3 cm³/mol. The molecule has 1 amide bonds. The molecule has 0 atom stereocenters. The number of halogens is 1. The summed E-state index contributed by atoms with van der Waals surface area (Å²) in [6.07, 6.45) is 3.64. The Hall–Kier alpha value is -0.740. The van der Waals surface area contributed by atoms with Gasteiger partial charge >= 0.3 is 0 Å². The maximum Gasteiger partial charge on any atom is 0.230 e. The average Bonchev–Trinajstić information content (AvgIpc) is 2.81. The number of thioether (sulfide) groups is 1. The fraction of sp³-hybridized carbons (Fsp3) is 0.357. The molecule has 0 radical (unpaired) electrons. The Morgan fingerprint density at radius 3 is 2.94 bits per heavy atom. The highest BCUT2D eigenvalue weighted by Crippen LogP contribution is 2.27. The molecule has 1 N–H and O–H groups in total. The van der Waals surface area contributed by atoms with E-state index in [0.29, 0.717) is 12.3 Å². The van der Waals surface area contributed by atoms with Crippen molar-refractivity contribution in [1.29, 1.82) is 0 Å². The van der Waals surface area contributed by atoms with Gasteiger partial charge in [0.1, 0.15) is 0 Å². The van der Waals surface area contributed by atoms with Gasteiger partial charge in [0, 0.05) is 15.9 Å². The highest BCUT2D eigenvalue weighted by atomic mass is 79.9. The van der Waals surface area contributed by atoms with E-state index in [4.69, 9.17) is 0 Å². The van der Waals surface area contributed by atoms with Gasteiger partial charge in [-0.2, -0.15) is 0 Å². The standard InChI is InChI=1S/C14H16BrNOS/c1-10(15)8-16-14(17)9-18-13-6-5-11-3-2-4-12(11)7-13/h5-7H,1-4,8-9H2,(H,16,17). The number of carbonyl (C=O) groups excluding carboxylic acids is 1. The second kappa shape index (κ2) is 6.43. The van der Waals surface area contributed by atoms with Crippen molar-refractivity contribution in [3.05, 3.63) is 40.4 Å². The Bertz CT molecular complexity index is 473. The van der Waals surface area contributed by atoms with Crippen LogP contribution in [-0.4, -0.2) is 18.2 Å². The normalized spacial score (nSPS) is 13.2. The highest BCUT2D eigenvalue weighted by Gasteiger charge is 2.11. The maximum atomic E-state index is 11.6. The van der Waals surface area contributed by atoms with Crippen LogP contribution < -0.4 is 5.32 Å². The minimum absolute atomic E-state index is 0.0427. The summed E-state index contributed by atoms with van der Waals surface area (Å²) >= 11 is 4.81. The number of hydrogen-bond acceptors (Lipinski definition) is 2. The van der Waals surface area contributed by atoms with Crippen LogP contribution in [0, 0.1) is 0 Å². The van der Waals surface area contributed by atoms with Crippen LogP contribution in [0.25, 0.3) is 0 Å². The zero-order valence-corrected chi connectivity index (χ0v) is 12.6. The first-order valence-corrected chi connectivity index (χ1v) is 7.77. The molecule has 0 aromatic heterocycles. The third-order valence-electron chi connectivity index (χ3n) is 2.92. The molecule has 0 saturated carbocycles. The van der Waals surface area contributed by atoms with Gasteiger partial charge in [-0.25, -0.2) is 0 Å². The van der Waals surface area contributed by atoms with E-state index in [1.807, 2.05) is 0 Å². The molecular formula is C14H16BrNOS. The van der Waals surface area contributed by atoms with E-state index in [-0.39, 0.29) is 5.91 Å². The number of hydrogen-bond donors (Lipinski definition) is 1. The van der Waals surface area contributed by atoms with Crippen molar-refractivity contribution in [2.24, 2.45) is 0 Å². The number of benzene rings is 1. The van der Waals surface area contributed by atoms with Gasteiger partial charge in [-0.3, -0.25) is 4.79 Å². The molecule has 96 valence electrons. The lowest BCUT2D eigenvalue weighted by molar-refractivity contribution is -0.118. The fourth-order valence-electron chi connectivity index (χ4n) is 2.03. The van der Waals surface area contributed by atoms with Crippen LogP contribution in [0.5, 0.6) is 0 Å². The van der Waals surface area contributed by atoms with Crippen LogP contribution in [0.4, 0.5) is 0 Å². The quantitative estimate of drug-likeness (QED) is 0.841. The molecule has 0 spiro atoms. The topological polar surface area (TPSA) is 29.1 Å². The van der Waals surface area contributed by atoms with Crippen molar-refractivity contribution in [2.75, 3.05) is 12.3 Å². The van der Waals surface area contributed by atoms with Crippen LogP contribution in [0.1, 0.15) is 17.5 Å². The molecule has 0 aliphatic heterocycles. The number of fused-ring (bicyclic) bond motifs is 1. The minimum Gasteiger partial charge on any atom is -0.351 e. The molecular weight excluding hydrogens is 310 g/mol. The summed E-state index contributed by atoms with van der Waals surface area (Å²) in [7, 11) is 0. The molecule has 18 heavy (non-hydrogen) atoms. The first-order valence-electron chi connectivity index (χ1n) is 6.00. The second-order valence-corrected chi connectivity index (χ2v) is 6.54. The Labute approximate surface area is 120 Å². The lowest BCUT2D eigenvalue weighted by atomic mass is 10.1. The summed E-state index contributed by atoms with van der Waals surface area (Å²) in [5.41, 5.74) is 2.92. The van der Waals surface area contributed by atoms with Gasteiger partial charge < -0.3 is 5.32 Å². The number of nitrogens with one attached hydrogen (secondary N) is 1. The van der Waals surface area contributed by atoms with Crippen molar-refractivity contribution in [3.63, 3.8) is 0 Å². The predicted octanol–water partition coefficient (Wildman–Crippen LogP) is 3.29. The number of rotatable bonds is 5. The molecule has 1 aromatic carbocycles. The Morgan fingerprint density at radius 1 is 1.39 bits per heavy atom. The lowest BCUT2D eigenvalue weighted by Gasteiger charge is -2.06. The molecule has 0 bridgehead atoms. The second-order valence-electron chi connectivity index (χ2n) is 4.37. The zero-order chi connectivity index (χ0) is 13.0. The summed E-state index contributed by atoms with van der Waals surface area (Å²) in [4.78, 5) is 12.7. The molecule has 0 heterocycles. The third-order valence-corrected chi connectivity index (χ3v) is 4.19. The zero-order valence-electron chi connectivity index (χ0n) is 10.2. The van der Waals surface area contributed by atoms with Crippen molar-refractivity contribution < 1.29 is 4.79 Å². The molecule has 2 rings (SSSR count). The minimum atomic E-state index is 0.0427. The molecule has 1 aromatic rings. The molecule has 4 heteroatoms. The average molecular weight is 326 g/mol.